The summed E-state index contributed by atoms with van der Waals surface area (Å²) >= 11 is 0. The Balaban J connectivity index is 1.97. The molecule has 0 bridgehead atoms. The molecule has 27 heavy (non-hydrogen) atoms. The largest absolute Gasteiger partial charge is 0.497 e. The third kappa shape index (κ3) is 7.01. The molecule has 1 aliphatic rings. The lowest BCUT2D eigenvalue weighted by molar-refractivity contribution is 0.0842. The van der Waals surface area contributed by atoms with Gasteiger partial charge in [0.25, 0.3) is 5.91 Å². The molecule has 1 aromatic carbocycles. The highest BCUT2D eigenvalue weighted by Gasteiger charge is 2.23. The highest BCUT2D eigenvalue weighted by Crippen LogP contribution is 2.28. The predicted molar refractivity (Wildman–Crippen MR) is 104 cm³/mol. The number of methoxy groups -OCH3 is 2. The van der Waals surface area contributed by atoms with Gasteiger partial charge in [-0.1, -0.05) is 0 Å². The lowest BCUT2D eigenvalue weighted by Crippen LogP contribution is -2.39. The van der Waals surface area contributed by atoms with Gasteiger partial charge in [-0.3, -0.25) is 4.79 Å². The van der Waals surface area contributed by atoms with Crippen molar-refractivity contribution in [3.8, 4) is 11.5 Å². The molecular weight excluding hydrogens is 348 g/mol. The smallest absolute Gasteiger partial charge is 0.255 e. The molecule has 1 fully saturated rings. The minimum absolute atomic E-state index is 0.0606. The van der Waals surface area contributed by atoms with Crippen LogP contribution < -0.4 is 14.8 Å². The summed E-state index contributed by atoms with van der Waals surface area (Å²) < 4.78 is 16.4. The van der Waals surface area contributed by atoms with Crippen LogP contribution in [-0.4, -0.2) is 75.1 Å². The Morgan fingerprint density at radius 3 is 2.70 bits per heavy atom. The Bertz CT molecular complexity index is 586. The maximum Gasteiger partial charge on any atom is 0.255 e. The Kier molecular flexibility index (Phi) is 8.84. The van der Waals surface area contributed by atoms with Gasteiger partial charge in [-0.15, -0.1) is 0 Å². The minimum atomic E-state index is -0.269. The van der Waals surface area contributed by atoms with E-state index >= 15 is 0 Å². The molecule has 1 atom stereocenters. The maximum absolute atomic E-state index is 12.5. The molecule has 1 saturated heterocycles. The standard InChI is InChI=1S/C20H32N2O5/c1-15(23)6-10-22-11-7-16(8-12-22)27-19-14-17(26-3)4-5-18(19)20(24)21-9-13-25-2/h4-5,14-16,23H,6-13H2,1-3H3,(H,21,24). The molecule has 1 aromatic rings. The first-order chi connectivity index (χ1) is 13.0. The van der Waals surface area contributed by atoms with Crippen LogP contribution in [0.4, 0.5) is 0 Å². The monoisotopic (exact) mass is 380 g/mol. The number of carbonyl (C=O) groups is 1. The van der Waals surface area contributed by atoms with Gasteiger partial charge < -0.3 is 29.5 Å². The predicted octanol–water partition coefficient (Wildman–Crippen LogP) is 1.69. The second-order valence-electron chi connectivity index (χ2n) is 6.91. The number of aliphatic hydroxyl groups excluding tert-OH is 1. The molecule has 7 heteroatoms. The average molecular weight is 380 g/mol. The molecular formula is C20H32N2O5. The molecule has 1 heterocycles. The summed E-state index contributed by atoms with van der Waals surface area (Å²) in [6.07, 6.45) is 2.36. The van der Waals surface area contributed by atoms with Gasteiger partial charge in [-0.05, 0) is 38.3 Å². The molecule has 2 rings (SSSR count). The summed E-state index contributed by atoms with van der Waals surface area (Å²) in [5.74, 6) is 1.03. The molecule has 152 valence electrons. The second-order valence-corrected chi connectivity index (χ2v) is 6.91. The van der Waals surface area contributed by atoms with E-state index in [4.69, 9.17) is 14.2 Å². The summed E-state index contributed by atoms with van der Waals surface area (Å²) in [6.45, 7) is 5.48. The van der Waals surface area contributed by atoms with Gasteiger partial charge in [-0.2, -0.15) is 0 Å². The van der Waals surface area contributed by atoms with E-state index in [-0.39, 0.29) is 18.1 Å². The Labute approximate surface area is 161 Å². The van der Waals surface area contributed by atoms with Crippen LogP contribution in [-0.2, 0) is 4.74 Å². The molecule has 0 radical (unpaired) electrons. The number of ether oxygens (including phenoxy) is 3. The Morgan fingerprint density at radius 1 is 1.33 bits per heavy atom. The van der Waals surface area contributed by atoms with E-state index in [2.05, 4.69) is 10.2 Å². The number of piperidine rings is 1. The fourth-order valence-corrected chi connectivity index (χ4v) is 3.08. The van der Waals surface area contributed by atoms with Gasteiger partial charge in [0.1, 0.15) is 17.6 Å². The van der Waals surface area contributed by atoms with Crippen LogP contribution in [0.15, 0.2) is 18.2 Å². The quantitative estimate of drug-likeness (QED) is 0.601. The van der Waals surface area contributed by atoms with Gasteiger partial charge in [-0.25, -0.2) is 0 Å². The van der Waals surface area contributed by atoms with E-state index in [0.717, 1.165) is 38.9 Å². The second kappa shape index (κ2) is 11.1. The highest BCUT2D eigenvalue weighted by molar-refractivity contribution is 5.97. The molecule has 0 aliphatic carbocycles. The van der Waals surface area contributed by atoms with Crippen LogP contribution in [0.3, 0.4) is 0 Å². The molecule has 1 aliphatic heterocycles. The zero-order valence-electron chi connectivity index (χ0n) is 16.6. The zero-order valence-corrected chi connectivity index (χ0v) is 16.6. The van der Waals surface area contributed by atoms with Crippen molar-refractivity contribution in [2.45, 2.75) is 38.4 Å². The number of likely N-dealkylation sites (tertiary alicyclic amines) is 1. The molecule has 1 unspecified atom stereocenters. The first-order valence-corrected chi connectivity index (χ1v) is 9.55. The number of benzene rings is 1. The van der Waals surface area contributed by atoms with E-state index in [1.54, 1.807) is 32.4 Å². The van der Waals surface area contributed by atoms with E-state index in [1.807, 2.05) is 6.92 Å². The van der Waals surface area contributed by atoms with E-state index in [1.165, 1.54) is 0 Å². The molecule has 0 saturated carbocycles. The first-order valence-electron chi connectivity index (χ1n) is 9.55. The lowest BCUT2D eigenvalue weighted by atomic mass is 10.1. The number of aliphatic hydroxyl groups is 1. The third-order valence-corrected chi connectivity index (χ3v) is 4.72. The van der Waals surface area contributed by atoms with Crippen LogP contribution >= 0.6 is 0 Å². The van der Waals surface area contributed by atoms with Crippen molar-refractivity contribution < 1.29 is 24.1 Å². The number of nitrogens with one attached hydrogen (secondary N) is 1. The number of rotatable bonds is 10. The van der Waals surface area contributed by atoms with Crippen molar-refractivity contribution in [1.29, 1.82) is 0 Å². The van der Waals surface area contributed by atoms with Gasteiger partial charge in [0, 0.05) is 39.4 Å². The van der Waals surface area contributed by atoms with Crippen LogP contribution in [0.25, 0.3) is 0 Å². The zero-order chi connectivity index (χ0) is 19.6. The summed E-state index contributed by atoms with van der Waals surface area (Å²) in [7, 11) is 3.19. The van der Waals surface area contributed by atoms with Crippen molar-refractivity contribution in [2.24, 2.45) is 0 Å². The summed E-state index contributed by atoms with van der Waals surface area (Å²) in [4.78, 5) is 14.8. The maximum atomic E-state index is 12.5. The SMILES string of the molecule is COCCNC(=O)c1ccc(OC)cc1OC1CCN(CCC(C)O)CC1. The van der Waals surface area contributed by atoms with Crippen molar-refractivity contribution in [2.75, 3.05) is 47.0 Å². The highest BCUT2D eigenvalue weighted by atomic mass is 16.5. The Morgan fingerprint density at radius 2 is 2.07 bits per heavy atom. The number of amides is 1. The minimum Gasteiger partial charge on any atom is -0.497 e. The lowest BCUT2D eigenvalue weighted by Gasteiger charge is -2.32. The normalized spacial score (nSPS) is 16.7. The average Bonchev–Trinajstić information content (AvgIpc) is 2.67. The summed E-state index contributed by atoms with van der Waals surface area (Å²) in [5, 5.41) is 12.3. The van der Waals surface area contributed by atoms with Gasteiger partial charge >= 0.3 is 0 Å². The summed E-state index contributed by atoms with van der Waals surface area (Å²) in [5.41, 5.74) is 0.503. The van der Waals surface area contributed by atoms with E-state index in [0.29, 0.717) is 30.2 Å². The van der Waals surface area contributed by atoms with Crippen LogP contribution in [0.5, 0.6) is 11.5 Å². The van der Waals surface area contributed by atoms with Crippen molar-refractivity contribution in [1.82, 2.24) is 10.2 Å². The fraction of sp³-hybridized carbons (Fsp3) is 0.650. The van der Waals surface area contributed by atoms with E-state index < -0.39 is 0 Å². The Hall–Kier alpha value is -1.83. The first kappa shape index (κ1) is 21.5. The topological polar surface area (TPSA) is 80.3 Å². The molecule has 1 amide bonds. The number of hydrogen-bond acceptors (Lipinski definition) is 6. The van der Waals surface area contributed by atoms with Crippen molar-refractivity contribution in [3.05, 3.63) is 23.8 Å². The number of nitrogens with zero attached hydrogens (tertiary/aromatic N) is 1. The van der Waals surface area contributed by atoms with Crippen LogP contribution in [0.1, 0.15) is 36.5 Å². The number of hydrogen-bond donors (Lipinski definition) is 2. The van der Waals surface area contributed by atoms with Gasteiger partial charge in [0.2, 0.25) is 0 Å². The van der Waals surface area contributed by atoms with Gasteiger partial charge in [0.05, 0.1) is 25.4 Å². The van der Waals surface area contributed by atoms with E-state index in [9.17, 15) is 9.90 Å². The third-order valence-electron chi connectivity index (χ3n) is 4.72. The van der Waals surface area contributed by atoms with Gasteiger partial charge in [0.15, 0.2) is 0 Å². The molecule has 2 N–H and O–H groups in total. The molecule has 7 nitrogen and oxygen atoms in total. The fourth-order valence-electron chi connectivity index (χ4n) is 3.08. The molecule has 0 spiro atoms. The van der Waals surface area contributed by atoms with Crippen molar-refractivity contribution >= 4 is 5.91 Å². The van der Waals surface area contributed by atoms with Crippen LogP contribution in [0, 0.1) is 0 Å². The number of carbonyl (C=O) groups excluding carboxylic acids is 1. The molecule has 0 aromatic heterocycles. The van der Waals surface area contributed by atoms with Crippen LogP contribution in [0.2, 0.25) is 0 Å². The van der Waals surface area contributed by atoms with Crippen molar-refractivity contribution in [3.63, 3.8) is 0 Å². The summed E-state index contributed by atoms with van der Waals surface area (Å²) in [6, 6.07) is 5.26.